The molecule has 312 valence electrons. The summed E-state index contributed by atoms with van der Waals surface area (Å²) in [6.45, 7) is 2.03. The molecule has 0 aliphatic carbocycles. The second-order valence-corrected chi connectivity index (χ2v) is 16.8. The molecule has 0 atom stereocenters. The maximum absolute atomic E-state index is 12.5. The van der Waals surface area contributed by atoms with Crippen LogP contribution >= 0.6 is 0 Å². The predicted octanol–water partition coefficient (Wildman–Crippen LogP) is 12.9. The van der Waals surface area contributed by atoms with Gasteiger partial charge in [-0.1, -0.05) is 78.9 Å². The van der Waals surface area contributed by atoms with E-state index in [-0.39, 0.29) is 0 Å². The molecule has 0 amide bonds. The predicted molar refractivity (Wildman–Crippen MR) is 268 cm³/mol. The van der Waals surface area contributed by atoms with Crippen LogP contribution in [0.2, 0.25) is 0 Å². The number of hydrogen-bond donors (Lipinski definition) is 0. The van der Waals surface area contributed by atoms with Crippen LogP contribution in [0, 0.1) is 18.3 Å². The number of aryl methyl sites for hydroxylation is 1. The zero-order chi connectivity index (χ0) is 44.3. The highest BCUT2D eigenvalue weighted by Crippen LogP contribution is 2.51. The number of nitriles is 1. The van der Waals surface area contributed by atoms with E-state index < -0.39 is 0 Å². The van der Waals surface area contributed by atoms with E-state index in [0.717, 1.165) is 116 Å². The van der Waals surface area contributed by atoms with Crippen molar-refractivity contribution >= 4 is 87.7 Å². The Bertz CT molecular complexity index is 3980. The summed E-state index contributed by atoms with van der Waals surface area (Å²) in [6.07, 6.45) is 7.36. The first-order valence-corrected chi connectivity index (χ1v) is 22.2. The second kappa shape index (κ2) is 14.0. The van der Waals surface area contributed by atoms with Crippen LogP contribution in [0.1, 0.15) is 11.3 Å². The molecule has 0 saturated heterocycles. The Morgan fingerprint density at radius 2 is 0.687 bits per heavy atom. The van der Waals surface area contributed by atoms with Crippen molar-refractivity contribution in [3.05, 3.63) is 200 Å². The molecule has 0 unspecified atom stereocenters. The number of aromatic nitrogens is 9. The monoisotopic (exact) mass is 858 g/mol. The minimum Gasteiger partial charge on any atom is -0.305 e. The van der Waals surface area contributed by atoms with Crippen LogP contribution in [0.5, 0.6) is 0 Å². The Hall–Kier alpha value is -9.46. The van der Waals surface area contributed by atoms with Crippen molar-refractivity contribution in [2.75, 3.05) is 0 Å². The summed E-state index contributed by atoms with van der Waals surface area (Å²) in [6, 6.07) is 58.9. The highest BCUT2D eigenvalue weighted by Gasteiger charge is 2.35. The summed E-state index contributed by atoms with van der Waals surface area (Å²) < 4.78 is 9.09. The molecule has 67 heavy (non-hydrogen) atoms. The van der Waals surface area contributed by atoms with Crippen LogP contribution < -0.4 is 0 Å². The quantitative estimate of drug-likeness (QED) is 0.171. The maximum atomic E-state index is 12.5. The third kappa shape index (κ3) is 5.05. The summed E-state index contributed by atoms with van der Waals surface area (Å²) >= 11 is 0. The van der Waals surface area contributed by atoms with Gasteiger partial charge < -0.3 is 18.3 Å². The Labute approximate surface area is 381 Å². The third-order valence-electron chi connectivity index (χ3n) is 13.3. The van der Waals surface area contributed by atoms with E-state index in [9.17, 15) is 5.26 Å². The number of rotatable bonds is 5. The third-order valence-corrected chi connectivity index (χ3v) is 13.3. The smallest absolute Gasteiger partial charge is 0.104 e. The van der Waals surface area contributed by atoms with Gasteiger partial charge in [-0.2, -0.15) is 5.26 Å². The van der Waals surface area contributed by atoms with Gasteiger partial charge in [0.2, 0.25) is 0 Å². The zero-order valence-corrected chi connectivity index (χ0v) is 35.9. The van der Waals surface area contributed by atoms with E-state index in [0.29, 0.717) is 16.9 Å². The van der Waals surface area contributed by atoms with Crippen LogP contribution in [0.4, 0.5) is 0 Å². The normalized spacial score (nSPS) is 11.9. The van der Waals surface area contributed by atoms with Crippen molar-refractivity contribution in [1.82, 2.24) is 43.2 Å². The summed E-state index contributed by atoms with van der Waals surface area (Å²) in [4.78, 5) is 25.6. The minimum atomic E-state index is 0.434. The average molecular weight is 859 g/mol. The molecule has 0 saturated carbocycles. The molecule has 14 rings (SSSR count). The average Bonchev–Trinajstić information content (AvgIpc) is 4.11. The highest BCUT2D eigenvalue weighted by atomic mass is 15.1. The van der Waals surface area contributed by atoms with E-state index in [2.05, 4.69) is 146 Å². The number of benzene rings is 5. The van der Waals surface area contributed by atoms with Crippen molar-refractivity contribution in [2.45, 2.75) is 6.92 Å². The van der Waals surface area contributed by atoms with E-state index >= 15 is 0 Å². The molecule has 0 aliphatic heterocycles. The molecular weight excluding hydrogens is 825 g/mol. The van der Waals surface area contributed by atoms with Crippen molar-refractivity contribution in [2.24, 2.45) is 0 Å². The number of fused-ring (bicyclic) bond motifs is 12. The van der Waals surface area contributed by atoms with Gasteiger partial charge >= 0.3 is 0 Å². The highest BCUT2D eigenvalue weighted by molar-refractivity contribution is 6.15. The lowest BCUT2D eigenvalue weighted by Crippen LogP contribution is -2.16. The van der Waals surface area contributed by atoms with Crippen molar-refractivity contribution in [1.29, 1.82) is 5.26 Å². The molecule has 9 heterocycles. The molecule has 0 N–H and O–H groups in total. The van der Waals surface area contributed by atoms with E-state index in [1.807, 2.05) is 74.2 Å². The number of nitrogens with zero attached hydrogens (tertiary/aromatic N) is 10. The Kier molecular flexibility index (Phi) is 7.73. The molecule has 5 aromatic carbocycles. The van der Waals surface area contributed by atoms with Crippen molar-refractivity contribution in [3.8, 4) is 40.1 Å². The Morgan fingerprint density at radius 1 is 0.358 bits per heavy atom. The number of hydrogen-bond acceptors (Lipinski definition) is 6. The largest absolute Gasteiger partial charge is 0.305 e. The van der Waals surface area contributed by atoms with Gasteiger partial charge in [-0.25, -0.2) is 0 Å². The summed E-state index contributed by atoms with van der Waals surface area (Å²) in [7, 11) is 0. The molecule has 10 heteroatoms. The summed E-state index contributed by atoms with van der Waals surface area (Å²) in [5.74, 6) is 0. The SMILES string of the molecule is Cc1cccc(-c2c(-n3c4ccccc4c4ncccc43)c(-n3c4ccccc4c4ncccc43)c(C#N)c(-n3c4ccccc4c4ncccc43)c2-n2c3ccccc3c3ncccc32)n1. The first-order chi connectivity index (χ1) is 33.2. The van der Waals surface area contributed by atoms with Gasteiger partial charge in [0.05, 0.1) is 100 Å². The van der Waals surface area contributed by atoms with Crippen LogP contribution in [0.3, 0.4) is 0 Å². The zero-order valence-electron chi connectivity index (χ0n) is 35.9. The lowest BCUT2D eigenvalue weighted by atomic mass is 9.95. The van der Waals surface area contributed by atoms with Crippen LogP contribution in [0.15, 0.2) is 189 Å². The maximum Gasteiger partial charge on any atom is 0.104 e. The molecule has 0 radical (unpaired) electrons. The first kappa shape index (κ1) is 37.0. The molecule has 0 bridgehead atoms. The van der Waals surface area contributed by atoms with Crippen molar-refractivity contribution < 1.29 is 0 Å². The number of para-hydroxylation sites is 4. The molecule has 14 aromatic rings. The molecule has 0 aliphatic rings. The fourth-order valence-corrected chi connectivity index (χ4v) is 10.7. The van der Waals surface area contributed by atoms with E-state index in [4.69, 9.17) is 24.9 Å². The Balaban J connectivity index is 1.37. The van der Waals surface area contributed by atoms with Crippen molar-refractivity contribution in [3.63, 3.8) is 0 Å². The second-order valence-electron chi connectivity index (χ2n) is 16.8. The van der Waals surface area contributed by atoms with E-state index in [1.54, 1.807) is 0 Å². The number of pyridine rings is 5. The summed E-state index contributed by atoms with van der Waals surface area (Å²) in [5.41, 5.74) is 16.1. The topological polar surface area (TPSA) is 108 Å². The standard InChI is InChI=1S/C57H34N10/c1-34-15-10-20-40(63-34)49-56(66-43-23-8-4-18-37(43)52-47(66)27-13-31-61-52)54(64-41-21-6-2-16-35(41)50-45(64)25-11-29-59-50)39(33-58)55(65-42-22-7-3-17-36(42)51-46(65)26-12-30-60-51)57(49)67-44-24-9-5-19-38(44)53-48(67)28-14-32-62-53/h2-32H,1H3. The van der Waals surface area contributed by atoms with Crippen LogP contribution in [-0.4, -0.2) is 43.2 Å². The lowest BCUT2D eigenvalue weighted by Gasteiger charge is -2.29. The van der Waals surface area contributed by atoms with Crippen LogP contribution in [0.25, 0.3) is 122 Å². The lowest BCUT2D eigenvalue weighted by molar-refractivity contribution is 1.03. The molecular formula is C57H34N10. The van der Waals surface area contributed by atoms with Gasteiger partial charge in [0, 0.05) is 52.0 Å². The molecule has 10 nitrogen and oxygen atoms in total. The van der Waals surface area contributed by atoms with Crippen LogP contribution in [-0.2, 0) is 0 Å². The fourth-order valence-electron chi connectivity index (χ4n) is 10.7. The minimum absolute atomic E-state index is 0.434. The van der Waals surface area contributed by atoms with Gasteiger partial charge in [-0.05, 0) is 91.9 Å². The van der Waals surface area contributed by atoms with Gasteiger partial charge in [0.25, 0.3) is 0 Å². The summed E-state index contributed by atoms with van der Waals surface area (Å²) in [5, 5.41) is 16.4. The Morgan fingerprint density at radius 3 is 1.03 bits per heavy atom. The molecule has 9 aromatic heterocycles. The van der Waals surface area contributed by atoms with E-state index in [1.165, 1.54) is 0 Å². The van der Waals surface area contributed by atoms with Gasteiger partial charge in [-0.3, -0.25) is 24.9 Å². The first-order valence-electron chi connectivity index (χ1n) is 22.2. The molecule has 0 fully saturated rings. The van der Waals surface area contributed by atoms with Gasteiger partial charge in [0.15, 0.2) is 0 Å². The van der Waals surface area contributed by atoms with Gasteiger partial charge in [-0.15, -0.1) is 0 Å². The van der Waals surface area contributed by atoms with Gasteiger partial charge in [0.1, 0.15) is 11.6 Å². The molecule has 0 spiro atoms. The fraction of sp³-hybridized carbons (Fsp3) is 0.0175.